The first-order valence-electron chi connectivity index (χ1n) is 7.86. The summed E-state index contributed by atoms with van der Waals surface area (Å²) in [5.74, 6) is -0.556. The molecule has 0 spiro atoms. The minimum Gasteiger partial charge on any atom is -0.323 e. The van der Waals surface area contributed by atoms with E-state index in [1.54, 1.807) is 18.3 Å². The maximum Gasteiger partial charge on any atom is 0.228 e. The van der Waals surface area contributed by atoms with Gasteiger partial charge in [-0.1, -0.05) is 30.3 Å². The van der Waals surface area contributed by atoms with Gasteiger partial charge in [-0.3, -0.25) is 9.89 Å². The van der Waals surface area contributed by atoms with Crippen molar-refractivity contribution in [1.29, 1.82) is 0 Å². The van der Waals surface area contributed by atoms with Crippen LogP contribution in [-0.2, 0) is 20.6 Å². The van der Waals surface area contributed by atoms with Crippen LogP contribution in [0.25, 0.3) is 0 Å². The summed E-state index contributed by atoms with van der Waals surface area (Å²) in [6, 6.07) is 9.09. The predicted octanol–water partition coefficient (Wildman–Crippen LogP) is 1.59. The molecule has 1 aromatic carbocycles. The molecule has 2 heterocycles. The number of sulfonamides is 1. The largest absolute Gasteiger partial charge is 0.323 e. The van der Waals surface area contributed by atoms with E-state index in [0.29, 0.717) is 25.1 Å². The van der Waals surface area contributed by atoms with E-state index in [0.717, 1.165) is 5.56 Å². The van der Waals surface area contributed by atoms with Crippen molar-refractivity contribution in [3.05, 3.63) is 48.3 Å². The average Bonchev–Trinajstić information content (AvgIpc) is 3.08. The lowest BCUT2D eigenvalue weighted by Gasteiger charge is -2.31. The highest BCUT2D eigenvalue weighted by Gasteiger charge is 2.32. The zero-order chi connectivity index (χ0) is 17.0. The summed E-state index contributed by atoms with van der Waals surface area (Å²) in [6.07, 6.45) is 4.47. The molecule has 2 N–H and O–H groups in total. The zero-order valence-corrected chi connectivity index (χ0v) is 14.0. The quantitative estimate of drug-likeness (QED) is 0.858. The Kier molecular flexibility index (Phi) is 4.96. The molecular formula is C16H20N4O3S. The second-order valence-corrected chi connectivity index (χ2v) is 7.88. The van der Waals surface area contributed by atoms with Crippen LogP contribution in [0, 0.1) is 5.92 Å². The Bertz CT molecular complexity index is 775. The maximum atomic E-state index is 12.6. The predicted molar refractivity (Wildman–Crippen MR) is 90.6 cm³/mol. The lowest BCUT2D eigenvalue weighted by atomic mass is 9.99. The molecule has 8 heteroatoms. The number of H-pyrrole nitrogens is 1. The third-order valence-corrected chi connectivity index (χ3v) is 5.92. The molecule has 0 radical (unpaired) electrons. The smallest absolute Gasteiger partial charge is 0.228 e. The van der Waals surface area contributed by atoms with Crippen molar-refractivity contribution in [3.63, 3.8) is 0 Å². The van der Waals surface area contributed by atoms with E-state index in [-0.39, 0.29) is 24.1 Å². The number of rotatable bonds is 5. The van der Waals surface area contributed by atoms with Crippen LogP contribution in [0.2, 0.25) is 0 Å². The first-order chi connectivity index (χ1) is 11.5. The Morgan fingerprint density at radius 1 is 1.33 bits per heavy atom. The van der Waals surface area contributed by atoms with E-state index in [9.17, 15) is 13.2 Å². The molecule has 1 amide bonds. The van der Waals surface area contributed by atoms with Crippen LogP contribution >= 0.6 is 0 Å². The molecule has 7 nitrogen and oxygen atoms in total. The molecular weight excluding hydrogens is 328 g/mol. The van der Waals surface area contributed by atoms with Gasteiger partial charge in [0.15, 0.2) is 0 Å². The number of amides is 1. The number of aromatic amines is 1. The SMILES string of the molecule is O=C(Nc1cn[nH]c1)[C@H]1CCCN(S(=O)(=O)Cc2ccccc2)C1. The van der Waals surface area contributed by atoms with Gasteiger partial charge < -0.3 is 5.32 Å². The fraction of sp³-hybridized carbons (Fsp3) is 0.375. The fourth-order valence-corrected chi connectivity index (χ4v) is 4.46. The molecule has 0 unspecified atom stereocenters. The van der Waals surface area contributed by atoms with Crippen LogP contribution in [0.15, 0.2) is 42.7 Å². The maximum absolute atomic E-state index is 12.6. The molecule has 1 aromatic heterocycles. The van der Waals surface area contributed by atoms with Crippen LogP contribution in [0.5, 0.6) is 0 Å². The summed E-state index contributed by atoms with van der Waals surface area (Å²) in [6.45, 7) is 0.684. The molecule has 0 bridgehead atoms. The Morgan fingerprint density at radius 3 is 2.83 bits per heavy atom. The summed E-state index contributed by atoms with van der Waals surface area (Å²) in [5, 5.41) is 9.16. The summed E-state index contributed by atoms with van der Waals surface area (Å²) in [4.78, 5) is 12.3. The summed E-state index contributed by atoms with van der Waals surface area (Å²) >= 11 is 0. The van der Waals surface area contributed by atoms with Gasteiger partial charge in [0.25, 0.3) is 0 Å². The molecule has 0 saturated carbocycles. The molecule has 2 aromatic rings. The van der Waals surface area contributed by atoms with Crippen molar-refractivity contribution in [2.45, 2.75) is 18.6 Å². The minimum absolute atomic E-state index is 0.0378. The van der Waals surface area contributed by atoms with Crippen LogP contribution < -0.4 is 5.32 Å². The van der Waals surface area contributed by atoms with Gasteiger partial charge in [-0.25, -0.2) is 12.7 Å². The number of carbonyl (C=O) groups is 1. The van der Waals surface area contributed by atoms with E-state index in [4.69, 9.17) is 0 Å². The van der Waals surface area contributed by atoms with Crippen LogP contribution in [0.3, 0.4) is 0 Å². The number of hydrogen-bond donors (Lipinski definition) is 2. The van der Waals surface area contributed by atoms with E-state index in [2.05, 4.69) is 15.5 Å². The monoisotopic (exact) mass is 348 g/mol. The van der Waals surface area contributed by atoms with Crippen LogP contribution in [0.4, 0.5) is 5.69 Å². The number of aromatic nitrogens is 2. The number of carbonyl (C=O) groups excluding carboxylic acids is 1. The van der Waals surface area contributed by atoms with E-state index < -0.39 is 10.0 Å². The number of hydrogen-bond acceptors (Lipinski definition) is 4. The summed E-state index contributed by atoms with van der Waals surface area (Å²) < 4.78 is 26.7. The summed E-state index contributed by atoms with van der Waals surface area (Å²) in [7, 11) is -3.43. The second kappa shape index (κ2) is 7.14. The Labute approximate surface area is 141 Å². The van der Waals surface area contributed by atoms with E-state index >= 15 is 0 Å². The lowest BCUT2D eigenvalue weighted by molar-refractivity contribution is -0.120. The topological polar surface area (TPSA) is 95.2 Å². The van der Waals surface area contributed by atoms with Crippen molar-refractivity contribution in [1.82, 2.24) is 14.5 Å². The number of nitrogens with zero attached hydrogens (tertiary/aromatic N) is 2. The third kappa shape index (κ3) is 4.01. The molecule has 0 aliphatic carbocycles. The summed E-state index contributed by atoms with van der Waals surface area (Å²) in [5.41, 5.74) is 1.34. The molecule has 24 heavy (non-hydrogen) atoms. The highest BCUT2D eigenvalue weighted by molar-refractivity contribution is 7.88. The first-order valence-corrected chi connectivity index (χ1v) is 9.47. The van der Waals surface area contributed by atoms with Gasteiger partial charge in [-0.2, -0.15) is 5.10 Å². The number of piperidine rings is 1. The van der Waals surface area contributed by atoms with Gasteiger partial charge in [0.1, 0.15) is 0 Å². The van der Waals surface area contributed by atoms with Gasteiger partial charge in [-0.05, 0) is 18.4 Å². The molecule has 1 fully saturated rings. The van der Waals surface area contributed by atoms with E-state index in [1.807, 2.05) is 18.2 Å². The van der Waals surface area contributed by atoms with Crippen molar-refractivity contribution >= 4 is 21.6 Å². The van der Waals surface area contributed by atoms with Crippen LogP contribution in [-0.4, -0.2) is 41.9 Å². The molecule has 1 saturated heterocycles. The second-order valence-electron chi connectivity index (χ2n) is 5.92. The van der Waals surface area contributed by atoms with Crippen molar-refractivity contribution in [2.24, 2.45) is 5.92 Å². The average molecular weight is 348 g/mol. The molecule has 1 atom stereocenters. The normalized spacial score (nSPS) is 19.1. The first kappa shape index (κ1) is 16.7. The van der Waals surface area contributed by atoms with Crippen LogP contribution in [0.1, 0.15) is 18.4 Å². The van der Waals surface area contributed by atoms with E-state index in [1.165, 1.54) is 10.5 Å². The van der Waals surface area contributed by atoms with Gasteiger partial charge in [0.2, 0.25) is 15.9 Å². The Hall–Kier alpha value is -2.19. The lowest BCUT2D eigenvalue weighted by Crippen LogP contribution is -2.44. The molecule has 128 valence electrons. The van der Waals surface area contributed by atoms with Crippen molar-refractivity contribution in [2.75, 3.05) is 18.4 Å². The molecule has 1 aliphatic heterocycles. The number of benzene rings is 1. The Morgan fingerprint density at radius 2 is 2.12 bits per heavy atom. The highest BCUT2D eigenvalue weighted by atomic mass is 32.2. The zero-order valence-electron chi connectivity index (χ0n) is 13.2. The molecule has 3 rings (SSSR count). The van der Waals surface area contributed by atoms with Crippen molar-refractivity contribution < 1.29 is 13.2 Å². The highest BCUT2D eigenvalue weighted by Crippen LogP contribution is 2.22. The van der Waals surface area contributed by atoms with Gasteiger partial charge in [0, 0.05) is 19.3 Å². The van der Waals surface area contributed by atoms with Gasteiger partial charge in [0.05, 0.1) is 23.6 Å². The minimum atomic E-state index is -3.43. The van der Waals surface area contributed by atoms with Gasteiger partial charge >= 0.3 is 0 Å². The fourth-order valence-electron chi connectivity index (χ4n) is 2.85. The third-order valence-electron chi connectivity index (χ3n) is 4.11. The number of nitrogens with one attached hydrogen (secondary N) is 2. The standard InChI is InChI=1S/C16H20N4O3S/c21-16(19-15-9-17-18-10-15)14-7-4-8-20(11-14)24(22,23)12-13-5-2-1-3-6-13/h1-3,5-6,9-10,14H,4,7-8,11-12H2,(H,17,18)(H,19,21)/t14-/m0/s1. The van der Waals surface area contributed by atoms with Crippen molar-refractivity contribution in [3.8, 4) is 0 Å². The number of anilines is 1. The molecule has 1 aliphatic rings. The van der Waals surface area contributed by atoms with Gasteiger partial charge in [-0.15, -0.1) is 0 Å². The Balaban J connectivity index is 1.65.